The molecule has 0 unspecified atom stereocenters. The Morgan fingerprint density at radius 3 is 2.35 bits per heavy atom. The molecule has 4 nitrogen and oxygen atoms in total. The fourth-order valence-electron chi connectivity index (χ4n) is 1.29. The molecular formula is C10H11F3N2O2. The number of rotatable bonds is 3. The fourth-order valence-corrected chi connectivity index (χ4v) is 1.29. The minimum atomic E-state index is -4.58. The molecule has 1 N–H and O–H groups in total. The maximum Gasteiger partial charge on any atom is 0.416 e. The number of nitro benzene ring substituents is 1. The first-order valence-corrected chi connectivity index (χ1v) is 4.84. The molecule has 0 saturated heterocycles. The van der Waals surface area contributed by atoms with Gasteiger partial charge in [-0.25, -0.2) is 0 Å². The Bertz CT molecular complexity index is 430. The van der Waals surface area contributed by atoms with Crippen molar-refractivity contribution in [2.45, 2.75) is 26.1 Å². The van der Waals surface area contributed by atoms with Gasteiger partial charge < -0.3 is 5.32 Å². The summed E-state index contributed by atoms with van der Waals surface area (Å²) in [5.41, 5.74) is -1.52. The number of benzene rings is 1. The second-order valence-electron chi connectivity index (χ2n) is 3.79. The van der Waals surface area contributed by atoms with Crippen LogP contribution in [-0.4, -0.2) is 11.0 Å². The van der Waals surface area contributed by atoms with E-state index in [1.807, 2.05) is 0 Å². The minimum Gasteiger partial charge on any atom is -0.377 e. The van der Waals surface area contributed by atoms with E-state index in [1.165, 1.54) is 0 Å². The number of halogens is 3. The number of alkyl halides is 3. The van der Waals surface area contributed by atoms with Crippen molar-refractivity contribution in [2.75, 3.05) is 5.32 Å². The lowest BCUT2D eigenvalue weighted by Gasteiger charge is -2.12. The summed E-state index contributed by atoms with van der Waals surface area (Å²) in [7, 11) is 0. The van der Waals surface area contributed by atoms with Crippen molar-refractivity contribution in [3.8, 4) is 0 Å². The Morgan fingerprint density at radius 2 is 1.94 bits per heavy atom. The van der Waals surface area contributed by atoms with Gasteiger partial charge in [0, 0.05) is 12.1 Å². The largest absolute Gasteiger partial charge is 0.416 e. The summed E-state index contributed by atoms with van der Waals surface area (Å²) in [6.07, 6.45) is -4.58. The number of anilines is 1. The molecule has 0 amide bonds. The van der Waals surface area contributed by atoms with Crippen molar-refractivity contribution in [1.29, 1.82) is 0 Å². The van der Waals surface area contributed by atoms with Crippen LogP contribution in [0.15, 0.2) is 18.2 Å². The third-order valence-electron chi connectivity index (χ3n) is 1.97. The van der Waals surface area contributed by atoms with E-state index in [0.29, 0.717) is 6.07 Å². The Morgan fingerprint density at radius 1 is 1.35 bits per heavy atom. The van der Waals surface area contributed by atoms with Gasteiger partial charge in [-0.3, -0.25) is 10.1 Å². The molecular weight excluding hydrogens is 237 g/mol. The van der Waals surface area contributed by atoms with Gasteiger partial charge in [0.15, 0.2) is 0 Å². The first-order valence-electron chi connectivity index (χ1n) is 4.84. The molecule has 17 heavy (non-hydrogen) atoms. The molecule has 0 spiro atoms. The molecule has 1 rings (SSSR count). The van der Waals surface area contributed by atoms with E-state index in [0.717, 1.165) is 12.1 Å². The number of nitro groups is 1. The molecule has 0 heterocycles. The zero-order valence-corrected chi connectivity index (χ0v) is 9.21. The molecule has 1 aromatic rings. The maximum atomic E-state index is 12.4. The fraction of sp³-hybridized carbons (Fsp3) is 0.400. The van der Waals surface area contributed by atoms with Gasteiger partial charge in [-0.05, 0) is 26.0 Å². The van der Waals surface area contributed by atoms with Crippen LogP contribution in [0.25, 0.3) is 0 Å². The van der Waals surface area contributed by atoms with Crippen LogP contribution in [0.1, 0.15) is 19.4 Å². The predicted molar refractivity (Wildman–Crippen MR) is 56.9 cm³/mol. The van der Waals surface area contributed by atoms with Crippen molar-refractivity contribution in [1.82, 2.24) is 0 Å². The van der Waals surface area contributed by atoms with Crippen LogP contribution in [0, 0.1) is 10.1 Å². The van der Waals surface area contributed by atoms with Crippen LogP contribution in [-0.2, 0) is 6.18 Å². The summed E-state index contributed by atoms with van der Waals surface area (Å²) in [5, 5.41) is 13.4. The molecule has 0 saturated carbocycles. The summed E-state index contributed by atoms with van der Waals surface area (Å²) in [5.74, 6) is 0. The normalized spacial score (nSPS) is 11.6. The Hall–Kier alpha value is -1.79. The molecule has 1 aromatic carbocycles. The highest BCUT2D eigenvalue weighted by molar-refractivity contribution is 5.63. The van der Waals surface area contributed by atoms with Crippen LogP contribution in [0.4, 0.5) is 24.5 Å². The maximum absolute atomic E-state index is 12.4. The van der Waals surface area contributed by atoms with E-state index in [2.05, 4.69) is 5.32 Å². The van der Waals surface area contributed by atoms with Gasteiger partial charge in [0.2, 0.25) is 0 Å². The van der Waals surface area contributed by atoms with Crippen molar-refractivity contribution in [2.24, 2.45) is 0 Å². The van der Waals surface area contributed by atoms with Gasteiger partial charge in [0.25, 0.3) is 5.69 Å². The molecule has 0 aliphatic heterocycles. The number of hydrogen-bond donors (Lipinski definition) is 1. The smallest absolute Gasteiger partial charge is 0.377 e. The van der Waals surface area contributed by atoms with Gasteiger partial charge in [-0.2, -0.15) is 13.2 Å². The van der Waals surface area contributed by atoms with Crippen molar-refractivity contribution in [3.63, 3.8) is 0 Å². The standard InChI is InChI=1S/C10H11F3N2O2/c1-6(2)14-8-4-3-7(10(11,12)13)5-9(8)15(16)17/h3-6,14H,1-2H3. The Kier molecular flexibility index (Phi) is 3.59. The Labute approximate surface area is 95.6 Å². The zero-order valence-electron chi connectivity index (χ0n) is 9.21. The van der Waals surface area contributed by atoms with Gasteiger partial charge in [0.1, 0.15) is 5.69 Å². The monoisotopic (exact) mass is 248 g/mol. The average molecular weight is 248 g/mol. The topological polar surface area (TPSA) is 55.2 Å². The van der Waals surface area contributed by atoms with E-state index in [-0.39, 0.29) is 11.7 Å². The molecule has 0 aliphatic rings. The molecule has 0 atom stereocenters. The number of nitrogens with zero attached hydrogens (tertiary/aromatic N) is 1. The highest BCUT2D eigenvalue weighted by Gasteiger charge is 2.33. The molecule has 0 aromatic heterocycles. The summed E-state index contributed by atoms with van der Waals surface area (Å²) >= 11 is 0. The van der Waals surface area contributed by atoms with Crippen molar-refractivity contribution >= 4 is 11.4 Å². The summed E-state index contributed by atoms with van der Waals surface area (Å²) in [6, 6.07) is 2.31. The third kappa shape index (κ3) is 3.33. The summed E-state index contributed by atoms with van der Waals surface area (Å²) in [6.45, 7) is 3.47. The first-order chi connectivity index (χ1) is 7.71. The quantitative estimate of drug-likeness (QED) is 0.658. The highest BCUT2D eigenvalue weighted by atomic mass is 19.4. The van der Waals surface area contributed by atoms with Gasteiger partial charge >= 0.3 is 6.18 Å². The molecule has 0 fully saturated rings. The molecule has 94 valence electrons. The van der Waals surface area contributed by atoms with Crippen LogP contribution < -0.4 is 5.32 Å². The van der Waals surface area contributed by atoms with Crippen LogP contribution >= 0.6 is 0 Å². The molecule has 0 bridgehead atoms. The van der Waals surface area contributed by atoms with Crippen LogP contribution in [0.2, 0.25) is 0 Å². The SMILES string of the molecule is CC(C)Nc1ccc(C(F)(F)F)cc1[N+](=O)[O-]. The van der Waals surface area contributed by atoms with Crippen LogP contribution in [0.5, 0.6) is 0 Å². The van der Waals surface area contributed by atoms with E-state index in [1.54, 1.807) is 13.8 Å². The van der Waals surface area contributed by atoms with E-state index >= 15 is 0 Å². The van der Waals surface area contributed by atoms with Crippen LogP contribution in [0.3, 0.4) is 0 Å². The Balaban J connectivity index is 3.22. The zero-order chi connectivity index (χ0) is 13.2. The average Bonchev–Trinajstić information content (AvgIpc) is 2.15. The molecule has 7 heteroatoms. The van der Waals surface area contributed by atoms with Gasteiger partial charge in [-0.1, -0.05) is 0 Å². The summed E-state index contributed by atoms with van der Waals surface area (Å²) in [4.78, 5) is 9.85. The first kappa shape index (κ1) is 13.3. The van der Waals surface area contributed by atoms with Gasteiger partial charge in [0.05, 0.1) is 10.5 Å². The highest BCUT2D eigenvalue weighted by Crippen LogP contribution is 2.35. The van der Waals surface area contributed by atoms with E-state index in [4.69, 9.17) is 0 Å². The number of hydrogen-bond acceptors (Lipinski definition) is 3. The predicted octanol–water partition coefficient (Wildman–Crippen LogP) is 3.43. The summed E-state index contributed by atoms with van der Waals surface area (Å²) < 4.78 is 37.1. The second kappa shape index (κ2) is 4.60. The van der Waals surface area contributed by atoms with Crippen molar-refractivity contribution < 1.29 is 18.1 Å². The number of nitrogens with one attached hydrogen (secondary N) is 1. The van der Waals surface area contributed by atoms with Gasteiger partial charge in [-0.15, -0.1) is 0 Å². The lowest BCUT2D eigenvalue weighted by molar-refractivity contribution is -0.384. The lowest BCUT2D eigenvalue weighted by atomic mass is 10.1. The lowest BCUT2D eigenvalue weighted by Crippen LogP contribution is -2.12. The van der Waals surface area contributed by atoms with E-state index in [9.17, 15) is 23.3 Å². The molecule has 0 radical (unpaired) electrons. The van der Waals surface area contributed by atoms with Crippen molar-refractivity contribution in [3.05, 3.63) is 33.9 Å². The molecule has 0 aliphatic carbocycles. The minimum absolute atomic E-state index is 0.0815. The second-order valence-corrected chi connectivity index (χ2v) is 3.79. The third-order valence-corrected chi connectivity index (χ3v) is 1.97. The van der Waals surface area contributed by atoms with E-state index < -0.39 is 22.4 Å².